The highest BCUT2D eigenvalue weighted by Gasteiger charge is 2.28. The normalized spacial score (nSPS) is 22.8. The van der Waals surface area contributed by atoms with Crippen LogP contribution in [0.1, 0.15) is 37.3 Å². The van der Waals surface area contributed by atoms with Crippen molar-refractivity contribution in [2.24, 2.45) is 0 Å². The number of aromatic nitrogens is 2. The van der Waals surface area contributed by atoms with Gasteiger partial charge in [0.2, 0.25) is 5.95 Å². The molecule has 2 aromatic rings. The van der Waals surface area contributed by atoms with Crippen LogP contribution in [0, 0.1) is 11.3 Å². The number of anilines is 1. The SMILES string of the molecule is CSC1CCCCC1n1c(N)nc2ccc(C#N)cc21. The number of nitrogens with zero attached hydrogens (tertiary/aromatic N) is 3. The lowest BCUT2D eigenvalue weighted by Gasteiger charge is -2.32. The first-order chi connectivity index (χ1) is 9.74. The number of nitrogen functional groups attached to an aromatic ring is 1. The summed E-state index contributed by atoms with van der Waals surface area (Å²) in [4.78, 5) is 4.45. The second kappa shape index (κ2) is 5.37. The molecule has 3 rings (SSSR count). The molecular weight excluding hydrogens is 268 g/mol. The largest absolute Gasteiger partial charge is 0.369 e. The van der Waals surface area contributed by atoms with E-state index in [0.717, 1.165) is 17.5 Å². The first-order valence-electron chi connectivity index (χ1n) is 6.95. The van der Waals surface area contributed by atoms with Crippen molar-refractivity contribution >= 4 is 28.7 Å². The van der Waals surface area contributed by atoms with Crippen LogP contribution in [0.5, 0.6) is 0 Å². The van der Waals surface area contributed by atoms with Crippen LogP contribution < -0.4 is 5.73 Å². The number of hydrogen-bond donors (Lipinski definition) is 1. The zero-order valence-electron chi connectivity index (χ0n) is 11.5. The van der Waals surface area contributed by atoms with Gasteiger partial charge < -0.3 is 10.3 Å². The molecule has 0 radical (unpaired) electrons. The molecule has 2 N–H and O–H groups in total. The summed E-state index contributed by atoms with van der Waals surface area (Å²) in [6, 6.07) is 8.17. The van der Waals surface area contributed by atoms with Crippen molar-refractivity contribution < 1.29 is 0 Å². The number of nitriles is 1. The second-order valence-corrected chi connectivity index (χ2v) is 6.36. The molecule has 1 aromatic heterocycles. The number of thioether (sulfide) groups is 1. The van der Waals surface area contributed by atoms with Crippen molar-refractivity contribution in [1.29, 1.82) is 5.26 Å². The monoisotopic (exact) mass is 286 g/mol. The Hall–Kier alpha value is -1.67. The van der Waals surface area contributed by atoms with Gasteiger partial charge in [0.15, 0.2) is 0 Å². The summed E-state index contributed by atoms with van der Waals surface area (Å²) in [6.45, 7) is 0. The maximum absolute atomic E-state index is 9.09. The quantitative estimate of drug-likeness (QED) is 0.919. The molecule has 1 heterocycles. The van der Waals surface area contributed by atoms with E-state index in [9.17, 15) is 0 Å². The van der Waals surface area contributed by atoms with E-state index < -0.39 is 0 Å². The Bertz CT molecular complexity index is 670. The first kappa shape index (κ1) is 13.3. The van der Waals surface area contributed by atoms with Crippen molar-refractivity contribution in [3.63, 3.8) is 0 Å². The summed E-state index contributed by atoms with van der Waals surface area (Å²) in [6.07, 6.45) is 7.05. The molecule has 2 atom stereocenters. The average Bonchev–Trinajstić information content (AvgIpc) is 2.81. The van der Waals surface area contributed by atoms with Crippen molar-refractivity contribution in [2.75, 3.05) is 12.0 Å². The third-order valence-corrected chi connectivity index (χ3v) is 5.30. The van der Waals surface area contributed by atoms with E-state index in [-0.39, 0.29) is 0 Å². The lowest BCUT2D eigenvalue weighted by atomic mass is 9.94. The Morgan fingerprint density at radius 2 is 2.20 bits per heavy atom. The summed E-state index contributed by atoms with van der Waals surface area (Å²) in [5.41, 5.74) is 8.69. The van der Waals surface area contributed by atoms with Gasteiger partial charge in [-0.05, 0) is 37.3 Å². The van der Waals surface area contributed by atoms with Crippen LogP contribution in [0.15, 0.2) is 18.2 Å². The van der Waals surface area contributed by atoms with Crippen LogP contribution in [0.25, 0.3) is 11.0 Å². The Kier molecular flexibility index (Phi) is 3.58. The molecule has 20 heavy (non-hydrogen) atoms. The number of nitrogens with two attached hydrogens (primary N) is 1. The van der Waals surface area contributed by atoms with Gasteiger partial charge in [0.25, 0.3) is 0 Å². The standard InChI is InChI=1S/C15H18N4S/c1-20-14-5-3-2-4-12(14)19-13-8-10(9-16)6-7-11(13)18-15(19)17/h6-8,12,14H,2-5H2,1H3,(H2,17,18). The summed E-state index contributed by atoms with van der Waals surface area (Å²) in [5, 5.41) is 9.67. The fraction of sp³-hybridized carbons (Fsp3) is 0.467. The lowest BCUT2D eigenvalue weighted by Crippen LogP contribution is -2.26. The third-order valence-electron chi connectivity index (χ3n) is 4.15. The molecule has 0 spiro atoms. The molecule has 1 fully saturated rings. The van der Waals surface area contributed by atoms with Crippen LogP contribution in [0.4, 0.5) is 5.95 Å². The Balaban J connectivity index is 2.14. The third kappa shape index (κ3) is 2.14. The fourth-order valence-corrected chi connectivity index (χ4v) is 4.15. The van der Waals surface area contributed by atoms with Crippen molar-refractivity contribution in [2.45, 2.75) is 37.0 Å². The van der Waals surface area contributed by atoms with E-state index in [1.807, 2.05) is 23.9 Å². The molecule has 0 aliphatic heterocycles. The van der Waals surface area contributed by atoms with Gasteiger partial charge in [-0.1, -0.05) is 12.8 Å². The van der Waals surface area contributed by atoms with Gasteiger partial charge in [-0.2, -0.15) is 17.0 Å². The van der Waals surface area contributed by atoms with E-state index in [0.29, 0.717) is 22.8 Å². The number of fused-ring (bicyclic) bond motifs is 1. The highest BCUT2D eigenvalue weighted by Crippen LogP contribution is 2.39. The molecule has 4 nitrogen and oxygen atoms in total. The van der Waals surface area contributed by atoms with E-state index >= 15 is 0 Å². The lowest BCUT2D eigenvalue weighted by molar-refractivity contribution is 0.374. The molecule has 0 amide bonds. The second-order valence-electron chi connectivity index (χ2n) is 5.28. The minimum Gasteiger partial charge on any atom is -0.369 e. The van der Waals surface area contributed by atoms with Gasteiger partial charge in [-0.15, -0.1) is 0 Å². The predicted octanol–water partition coefficient (Wildman–Crippen LogP) is 3.34. The Morgan fingerprint density at radius 1 is 1.40 bits per heavy atom. The minimum absolute atomic E-state index is 0.387. The molecule has 104 valence electrons. The van der Waals surface area contributed by atoms with Crippen LogP contribution >= 0.6 is 11.8 Å². The van der Waals surface area contributed by atoms with Crippen molar-refractivity contribution in [3.8, 4) is 6.07 Å². The molecule has 5 heteroatoms. The summed E-state index contributed by atoms with van der Waals surface area (Å²) >= 11 is 1.91. The molecule has 2 unspecified atom stereocenters. The number of benzene rings is 1. The Morgan fingerprint density at radius 3 is 2.95 bits per heavy atom. The van der Waals surface area contributed by atoms with Gasteiger partial charge in [0, 0.05) is 11.3 Å². The zero-order valence-corrected chi connectivity index (χ0v) is 12.4. The van der Waals surface area contributed by atoms with Crippen LogP contribution in [-0.2, 0) is 0 Å². The number of rotatable bonds is 2. The predicted molar refractivity (Wildman–Crippen MR) is 83.7 cm³/mol. The molecule has 1 aliphatic rings. The Labute approximate surface area is 123 Å². The molecular formula is C15H18N4S. The molecule has 1 saturated carbocycles. The van der Waals surface area contributed by atoms with Crippen LogP contribution in [0.2, 0.25) is 0 Å². The molecule has 0 bridgehead atoms. The minimum atomic E-state index is 0.387. The van der Waals surface area contributed by atoms with Gasteiger partial charge in [0.05, 0.1) is 22.7 Å². The van der Waals surface area contributed by atoms with Crippen LogP contribution in [0.3, 0.4) is 0 Å². The smallest absolute Gasteiger partial charge is 0.201 e. The van der Waals surface area contributed by atoms with Crippen molar-refractivity contribution in [3.05, 3.63) is 23.8 Å². The van der Waals surface area contributed by atoms with E-state index in [1.54, 1.807) is 6.07 Å². The van der Waals surface area contributed by atoms with Crippen LogP contribution in [-0.4, -0.2) is 21.1 Å². The van der Waals surface area contributed by atoms with Gasteiger partial charge >= 0.3 is 0 Å². The van der Waals surface area contributed by atoms with E-state index in [2.05, 4.69) is 21.9 Å². The highest BCUT2D eigenvalue weighted by molar-refractivity contribution is 7.99. The summed E-state index contributed by atoms with van der Waals surface area (Å²) in [7, 11) is 0. The van der Waals surface area contributed by atoms with E-state index in [1.165, 1.54) is 19.3 Å². The number of hydrogen-bond acceptors (Lipinski definition) is 4. The molecule has 1 aliphatic carbocycles. The maximum Gasteiger partial charge on any atom is 0.201 e. The fourth-order valence-electron chi connectivity index (χ4n) is 3.18. The highest BCUT2D eigenvalue weighted by atomic mass is 32.2. The zero-order chi connectivity index (χ0) is 14.1. The summed E-state index contributed by atoms with van der Waals surface area (Å²) < 4.78 is 2.15. The molecule has 0 saturated heterocycles. The topological polar surface area (TPSA) is 67.6 Å². The van der Waals surface area contributed by atoms with Gasteiger partial charge in [-0.3, -0.25) is 0 Å². The van der Waals surface area contributed by atoms with E-state index in [4.69, 9.17) is 11.0 Å². The molecule has 1 aromatic carbocycles. The maximum atomic E-state index is 9.09. The average molecular weight is 286 g/mol. The van der Waals surface area contributed by atoms with Crippen molar-refractivity contribution in [1.82, 2.24) is 9.55 Å². The summed E-state index contributed by atoms with van der Waals surface area (Å²) in [5.74, 6) is 0.570. The number of imidazole rings is 1. The van der Waals surface area contributed by atoms with Gasteiger partial charge in [-0.25, -0.2) is 4.98 Å². The van der Waals surface area contributed by atoms with Gasteiger partial charge in [0.1, 0.15) is 0 Å². The first-order valence-corrected chi connectivity index (χ1v) is 8.23.